The Kier molecular flexibility index (Phi) is 3.72. The summed E-state index contributed by atoms with van der Waals surface area (Å²) in [5, 5.41) is 6.59. The second kappa shape index (κ2) is 5.77. The molecule has 128 valence electrons. The molecule has 0 spiro atoms. The Morgan fingerprint density at radius 2 is 2.29 bits per heavy atom. The highest BCUT2D eigenvalue weighted by Crippen LogP contribution is 2.38. The fraction of sp³-hybridized carbons (Fsp3) is 0.556. The Hall–Kier alpha value is -2.08. The number of nitrogens with zero attached hydrogens (tertiary/aromatic N) is 2. The molecule has 1 aromatic carbocycles. The van der Waals surface area contributed by atoms with E-state index in [1.807, 2.05) is 0 Å². The first kappa shape index (κ1) is 15.4. The van der Waals surface area contributed by atoms with Crippen molar-refractivity contribution in [3.63, 3.8) is 0 Å². The topological polar surface area (TPSA) is 74.0 Å². The number of fused-ring (bicyclic) bond motifs is 1. The molecule has 1 unspecified atom stereocenters. The molecule has 2 N–H and O–H groups in total. The van der Waals surface area contributed by atoms with E-state index in [-0.39, 0.29) is 17.2 Å². The second-order valence-corrected chi connectivity index (χ2v) is 7.58. The highest BCUT2D eigenvalue weighted by molar-refractivity contribution is 5.45. The first-order valence-corrected chi connectivity index (χ1v) is 8.67. The number of para-hydroxylation sites is 1. The quantitative estimate of drug-likeness (QED) is 0.906. The van der Waals surface area contributed by atoms with Gasteiger partial charge in [0, 0.05) is 31.0 Å². The van der Waals surface area contributed by atoms with Crippen molar-refractivity contribution in [2.75, 3.05) is 13.1 Å². The van der Waals surface area contributed by atoms with Gasteiger partial charge in [-0.05, 0) is 38.8 Å². The van der Waals surface area contributed by atoms with Gasteiger partial charge < -0.3 is 4.74 Å². The molecule has 24 heavy (non-hydrogen) atoms. The maximum atomic E-state index is 11.3. The van der Waals surface area contributed by atoms with Crippen LogP contribution in [0, 0.1) is 0 Å². The number of H-pyrrole nitrogens is 2. The van der Waals surface area contributed by atoms with Crippen LogP contribution in [0.25, 0.3) is 0 Å². The molecule has 1 saturated heterocycles. The summed E-state index contributed by atoms with van der Waals surface area (Å²) in [6.45, 7) is 7.14. The Bertz CT molecular complexity index is 792. The number of nitrogens with one attached hydrogen (secondary N) is 2. The molecular formula is C18H24N4O2. The van der Waals surface area contributed by atoms with Crippen LogP contribution in [0.1, 0.15) is 49.6 Å². The maximum absolute atomic E-state index is 11.3. The van der Waals surface area contributed by atoms with E-state index in [9.17, 15) is 4.79 Å². The third-order valence-electron chi connectivity index (χ3n) is 4.98. The smallest absolute Gasteiger partial charge is 0.340 e. The molecule has 1 aromatic heterocycles. The molecule has 2 aliphatic rings. The van der Waals surface area contributed by atoms with Gasteiger partial charge in [-0.25, -0.2) is 9.89 Å². The molecule has 0 radical (unpaired) electrons. The van der Waals surface area contributed by atoms with Gasteiger partial charge in [-0.15, -0.1) is 0 Å². The summed E-state index contributed by atoms with van der Waals surface area (Å²) in [7, 11) is 0. The van der Waals surface area contributed by atoms with E-state index < -0.39 is 0 Å². The van der Waals surface area contributed by atoms with Crippen LogP contribution in [0.15, 0.2) is 23.0 Å². The van der Waals surface area contributed by atoms with E-state index in [4.69, 9.17) is 4.74 Å². The summed E-state index contributed by atoms with van der Waals surface area (Å²) >= 11 is 0. The fourth-order valence-corrected chi connectivity index (χ4v) is 3.94. The van der Waals surface area contributed by atoms with E-state index in [2.05, 4.69) is 52.1 Å². The fourth-order valence-electron chi connectivity index (χ4n) is 3.94. The van der Waals surface area contributed by atoms with Crippen LogP contribution in [0.5, 0.6) is 5.75 Å². The van der Waals surface area contributed by atoms with Crippen molar-refractivity contribution in [2.24, 2.45) is 0 Å². The lowest BCUT2D eigenvalue weighted by atomic mass is 9.96. The van der Waals surface area contributed by atoms with Gasteiger partial charge in [0.1, 0.15) is 17.2 Å². The highest BCUT2D eigenvalue weighted by Gasteiger charge is 2.32. The zero-order chi connectivity index (χ0) is 16.7. The Morgan fingerprint density at radius 3 is 3.08 bits per heavy atom. The van der Waals surface area contributed by atoms with Crippen molar-refractivity contribution < 1.29 is 4.74 Å². The Morgan fingerprint density at radius 1 is 1.42 bits per heavy atom. The van der Waals surface area contributed by atoms with Crippen LogP contribution in [0.3, 0.4) is 0 Å². The number of aromatic amines is 2. The number of benzene rings is 1. The van der Waals surface area contributed by atoms with Crippen LogP contribution in [0.4, 0.5) is 0 Å². The minimum absolute atomic E-state index is 0.114. The number of likely N-dealkylation sites (tertiary alicyclic amines) is 1. The largest absolute Gasteiger partial charge is 0.487 e. The van der Waals surface area contributed by atoms with Crippen LogP contribution in [-0.2, 0) is 13.0 Å². The summed E-state index contributed by atoms with van der Waals surface area (Å²) in [6.07, 6.45) is 3.14. The van der Waals surface area contributed by atoms with Gasteiger partial charge in [-0.1, -0.05) is 18.2 Å². The van der Waals surface area contributed by atoms with Crippen LogP contribution < -0.4 is 10.4 Å². The van der Waals surface area contributed by atoms with Crippen molar-refractivity contribution in [1.29, 1.82) is 0 Å². The number of hydrogen-bond acceptors (Lipinski definition) is 4. The zero-order valence-electron chi connectivity index (χ0n) is 14.3. The standard InChI is InChI=1S/C18H24N4O2/c1-18(2)9-12-5-3-6-13(15(12)24-18)10-22-8-4-7-14(11-22)16-19-17(23)21-20-16/h3,5-6,14H,4,7-11H2,1-2H3,(H2,19,20,21,23). The number of ether oxygens (including phenoxy) is 1. The van der Waals surface area contributed by atoms with Gasteiger partial charge >= 0.3 is 5.69 Å². The average Bonchev–Trinajstić information content (AvgIpc) is 3.10. The number of piperidine rings is 1. The maximum Gasteiger partial charge on any atom is 0.340 e. The SMILES string of the molecule is CC1(C)Cc2cccc(CN3CCCC(c4n[nH]c(=O)[nH]4)C3)c2O1. The van der Waals surface area contributed by atoms with Gasteiger partial charge in [-0.2, -0.15) is 5.10 Å². The van der Waals surface area contributed by atoms with Crippen molar-refractivity contribution in [2.45, 2.75) is 51.2 Å². The highest BCUT2D eigenvalue weighted by atomic mass is 16.5. The van der Waals surface area contributed by atoms with Crippen LogP contribution in [0.2, 0.25) is 0 Å². The second-order valence-electron chi connectivity index (χ2n) is 7.58. The lowest BCUT2D eigenvalue weighted by Gasteiger charge is -2.32. The molecular weight excluding hydrogens is 304 g/mol. The predicted octanol–water partition coefficient (Wildman–Crippen LogP) is 2.19. The van der Waals surface area contributed by atoms with Gasteiger partial charge in [0.05, 0.1) is 0 Å². The molecule has 6 heteroatoms. The van der Waals surface area contributed by atoms with E-state index in [0.717, 1.165) is 50.5 Å². The number of aromatic nitrogens is 3. The Balaban J connectivity index is 1.50. The minimum atomic E-state index is -0.223. The summed E-state index contributed by atoms with van der Waals surface area (Å²) < 4.78 is 6.19. The lowest BCUT2D eigenvalue weighted by molar-refractivity contribution is 0.133. The van der Waals surface area contributed by atoms with Crippen molar-refractivity contribution in [3.8, 4) is 5.75 Å². The number of hydrogen-bond donors (Lipinski definition) is 2. The molecule has 3 heterocycles. The molecule has 4 rings (SSSR count). The molecule has 0 amide bonds. The average molecular weight is 328 g/mol. The zero-order valence-corrected chi connectivity index (χ0v) is 14.3. The van der Waals surface area contributed by atoms with Crippen LogP contribution in [-0.4, -0.2) is 38.8 Å². The normalized spacial score (nSPS) is 23.0. The first-order valence-electron chi connectivity index (χ1n) is 8.67. The molecule has 0 aliphatic carbocycles. The van der Waals surface area contributed by atoms with Gasteiger partial charge in [0.15, 0.2) is 0 Å². The summed E-state index contributed by atoms with van der Waals surface area (Å²) in [5.74, 6) is 2.13. The monoisotopic (exact) mass is 328 g/mol. The summed E-state index contributed by atoms with van der Waals surface area (Å²) in [5.41, 5.74) is 2.23. The minimum Gasteiger partial charge on any atom is -0.487 e. The predicted molar refractivity (Wildman–Crippen MR) is 91.3 cm³/mol. The third kappa shape index (κ3) is 2.98. The van der Waals surface area contributed by atoms with E-state index in [1.165, 1.54) is 11.1 Å². The van der Waals surface area contributed by atoms with Crippen LogP contribution >= 0.6 is 0 Å². The van der Waals surface area contributed by atoms with Gasteiger partial charge in [0.2, 0.25) is 0 Å². The lowest BCUT2D eigenvalue weighted by Crippen LogP contribution is -2.34. The Labute approximate surface area is 141 Å². The first-order chi connectivity index (χ1) is 11.5. The third-order valence-corrected chi connectivity index (χ3v) is 4.98. The molecule has 0 saturated carbocycles. The molecule has 1 atom stereocenters. The van der Waals surface area contributed by atoms with Gasteiger partial charge in [-0.3, -0.25) is 9.88 Å². The van der Waals surface area contributed by atoms with Gasteiger partial charge in [0.25, 0.3) is 0 Å². The van der Waals surface area contributed by atoms with Crippen molar-refractivity contribution >= 4 is 0 Å². The summed E-state index contributed by atoms with van der Waals surface area (Å²) in [4.78, 5) is 16.5. The van der Waals surface area contributed by atoms with E-state index in [0.29, 0.717) is 0 Å². The molecule has 6 nitrogen and oxygen atoms in total. The molecule has 1 fully saturated rings. The van der Waals surface area contributed by atoms with E-state index >= 15 is 0 Å². The van der Waals surface area contributed by atoms with E-state index in [1.54, 1.807) is 0 Å². The molecule has 2 aromatic rings. The molecule has 0 bridgehead atoms. The summed E-state index contributed by atoms with van der Waals surface area (Å²) in [6, 6.07) is 6.47. The number of rotatable bonds is 3. The van der Waals surface area contributed by atoms with Crippen molar-refractivity contribution in [3.05, 3.63) is 45.6 Å². The van der Waals surface area contributed by atoms with Crippen molar-refractivity contribution in [1.82, 2.24) is 20.1 Å². The molecule has 2 aliphatic heterocycles.